The van der Waals surface area contributed by atoms with Gasteiger partial charge in [0.1, 0.15) is 9.75 Å². The summed E-state index contributed by atoms with van der Waals surface area (Å²) in [5.41, 5.74) is 0.406. The Labute approximate surface area is 167 Å². The van der Waals surface area contributed by atoms with Gasteiger partial charge in [-0.15, -0.1) is 23.2 Å². The Morgan fingerprint density at radius 2 is 1.21 bits per heavy atom. The first kappa shape index (κ1) is 17.3. The minimum atomic E-state index is -1.90. The molecule has 1 heterocycles. The van der Waals surface area contributed by atoms with Gasteiger partial charge >= 0.3 is 0 Å². The minimum Gasteiger partial charge on any atom is -0.274 e. The molecule has 4 rings (SSSR count). The van der Waals surface area contributed by atoms with E-state index >= 15 is 0 Å². The number of allylic oxidation sites excluding steroid dienone is 2. The summed E-state index contributed by atoms with van der Waals surface area (Å²) in [4.78, 5) is 23.5. The van der Waals surface area contributed by atoms with Crippen LogP contribution < -0.4 is 4.90 Å². The molecular weight excluding hydrogens is 439 g/mol. The average molecular weight is 446 g/mol. The van der Waals surface area contributed by atoms with Gasteiger partial charge in [0, 0.05) is 0 Å². The molecule has 1 aliphatic heterocycles. The van der Waals surface area contributed by atoms with Gasteiger partial charge < -0.3 is 0 Å². The van der Waals surface area contributed by atoms with E-state index < -0.39 is 37.7 Å². The minimum absolute atomic E-state index is 0.0943. The molecule has 3 nitrogen and oxygen atoms in total. The molecule has 1 aromatic carbocycles. The molecule has 3 aliphatic rings. The fourth-order valence-corrected chi connectivity index (χ4v) is 6.76. The van der Waals surface area contributed by atoms with E-state index in [0.29, 0.717) is 5.69 Å². The Morgan fingerprint density at radius 1 is 0.792 bits per heavy atom. The van der Waals surface area contributed by atoms with Crippen molar-refractivity contribution in [3.63, 3.8) is 0 Å². The molecule has 2 aliphatic carbocycles. The van der Waals surface area contributed by atoms with Crippen LogP contribution in [-0.2, 0) is 9.59 Å². The molecule has 1 saturated heterocycles. The van der Waals surface area contributed by atoms with E-state index in [1.165, 1.54) is 0 Å². The smallest absolute Gasteiger partial charge is 0.240 e. The van der Waals surface area contributed by atoms with Crippen molar-refractivity contribution in [1.29, 1.82) is 0 Å². The number of carbonyl (C=O) groups is 2. The summed E-state index contributed by atoms with van der Waals surface area (Å²) >= 11 is 38.5. The lowest BCUT2D eigenvalue weighted by atomic mass is 9.84. The van der Waals surface area contributed by atoms with Gasteiger partial charge in [-0.2, -0.15) is 0 Å². The second kappa shape index (κ2) is 4.97. The first-order valence-corrected chi connectivity index (χ1v) is 9.13. The van der Waals surface area contributed by atoms with Crippen molar-refractivity contribution >= 4 is 87.1 Å². The van der Waals surface area contributed by atoms with Gasteiger partial charge in [0.15, 0.2) is 4.33 Å². The van der Waals surface area contributed by atoms with Crippen LogP contribution in [0.4, 0.5) is 5.69 Å². The first-order valence-electron chi connectivity index (χ1n) is 6.86. The number of amides is 2. The summed E-state index contributed by atoms with van der Waals surface area (Å²) in [6.45, 7) is 0. The normalized spacial score (nSPS) is 39.8. The molecule has 1 saturated carbocycles. The van der Waals surface area contributed by atoms with Crippen molar-refractivity contribution < 1.29 is 9.59 Å². The predicted octanol–water partition coefficient (Wildman–Crippen LogP) is 4.64. The highest BCUT2D eigenvalue weighted by atomic mass is 35.5. The number of carbonyl (C=O) groups excluding carboxylic acids is 2. The molecule has 9 heteroatoms. The molecule has 2 bridgehead atoms. The third-order valence-electron chi connectivity index (χ3n) is 4.92. The Kier molecular flexibility index (Phi) is 3.57. The summed E-state index contributed by atoms with van der Waals surface area (Å²) in [6, 6.07) is 8.44. The van der Waals surface area contributed by atoms with E-state index in [4.69, 9.17) is 69.6 Å². The Hall–Kier alpha value is -0.160. The van der Waals surface area contributed by atoms with Gasteiger partial charge in [-0.25, -0.2) is 4.90 Å². The third-order valence-corrected chi connectivity index (χ3v) is 9.18. The molecule has 2 amide bonds. The maximum absolute atomic E-state index is 13.0. The van der Waals surface area contributed by atoms with E-state index in [1.807, 2.05) is 0 Å². The number of hydrogen-bond donors (Lipinski definition) is 0. The summed E-state index contributed by atoms with van der Waals surface area (Å²) in [7, 11) is 0. The summed E-state index contributed by atoms with van der Waals surface area (Å²) in [5, 5.41) is -0.189. The maximum Gasteiger partial charge on any atom is 0.240 e. The Bertz CT molecular complexity index is 779. The van der Waals surface area contributed by atoms with Crippen LogP contribution in [-0.4, -0.2) is 25.9 Å². The first-order chi connectivity index (χ1) is 11.1. The second-order valence-electron chi connectivity index (χ2n) is 5.93. The topological polar surface area (TPSA) is 37.4 Å². The second-order valence-corrected chi connectivity index (χ2v) is 9.20. The fourth-order valence-electron chi connectivity index (χ4n) is 3.83. The number of imide groups is 1. The zero-order chi connectivity index (χ0) is 17.7. The van der Waals surface area contributed by atoms with Gasteiger partial charge in [-0.05, 0) is 12.1 Å². The number of para-hydroxylation sites is 1. The van der Waals surface area contributed by atoms with Gasteiger partial charge in [0.05, 0.1) is 27.6 Å². The number of fused-ring (bicyclic) bond motifs is 5. The summed E-state index contributed by atoms with van der Waals surface area (Å²) < 4.78 is -1.90. The SMILES string of the molecule is O=C1[C@H]2[C@H](C(=O)N1c1ccccc1)[C@@]1(Cl)C(Cl)=C(Cl)[C@@]2(Cl)C1(Cl)Cl. The molecule has 24 heavy (non-hydrogen) atoms. The highest BCUT2D eigenvalue weighted by Crippen LogP contribution is 2.77. The molecule has 2 fully saturated rings. The zero-order valence-electron chi connectivity index (χ0n) is 11.6. The van der Waals surface area contributed by atoms with Crippen LogP contribution >= 0.6 is 69.6 Å². The van der Waals surface area contributed by atoms with Crippen LogP contribution in [0, 0.1) is 11.8 Å². The zero-order valence-corrected chi connectivity index (χ0v) is 16.1. The highest BCUT2D eigenvalue weighted by molar-refractivity contribution is 6.67. The third kappa shape index (κ3) is 1.57. The number of halogens is 6. The van der Waals surface area contributed by atoms with Crippen LogP contribution in [0.15, 0.2) is 40.4 Å². The molecular formula is C15H7Cl6NO2. The van der Waals surface area contributed by atoms with Crippen molar-refractivity contribution in [3.8, 4) is 0 Å². The molecule has 0 aromatic heterocycles. The molecule has 0 unspecified atom stereocenters. The number of rotatable bonds is 1. The molecule has 0 N–H and O–H groups in total. The van der Waals surface area contributed by atoms with Crippen molar-refractivity contribution in [2.24, 2.45) is 11.8 Å². The number of benzene rings is 1. The standard InChI is InChI=1S/C15H7Cl6NO2/c16-9-10(17)14(19)8-7(13(9,18)15(14,20)21)11(23)22(12(8)24)6-4-2-1-3-5-6/h1-5,7-8H/t7-,8-,13-,14-/m1/s1. The number of anilines is 1. The van der Waals surface area contributed by atoms with E-state index in [1.54, 1.807) is 30.3 Å². The van der Waals surface area contributed by atoms with Gasteiger partial charge in [0.25, 0.3) is 0 Å². The Morgan fingerprint density at radius 3 is 1.62 bits per heavy atom. The number of hydrogen-bond acceptors (Lipinski definition) is 2. The van der Waals surface area contributed by atoms with E-state index in [0.717, 1.165) is 4.90 Å². The van der Waals surface area contributed by atoms with Crippen molar-refractivity contribution in [3.05, 3.63) is 40.4 Å². The monoisotopic (exact) mass is 443 g/mol. The lowest BCUT2D eigenvalue weighted by molar-refractivity contribution is -0.123. The van der Waals surface area contributed by atoms with Crippen LogP contribution in [0.3, 0.4) is 0 Å². The summed E-state index contributed by atoms with van der Waals surface area (Å²) in [5.74, 6) is -3.31. The highest BCUT2D eigenvalue weighted by Gasteiger charge is 2.87. The fraction of sp³-hybridized carbons (Fsp3) is 0.333. The van der Waals surface area contributed by atoms with Gasteiger partial charge in [-0.1, -0.05) is 64.6 Å². The predicted molar refractivity (Wildman–Crippen MR) is 96.3 cm³/mol. The Balaban J connectivity index is 1.93. The van der Waals surface area contributed by atoms with Gasteiger partial charge in [-0.3, -0.25) is 9.59 Å². The molecule has 126 valence electrons. The van der Waals surface area contributed by atoms with E-state index in [-0.39, 0.29) is 10.1 Å². The lowest BCUT2D eigenvalue weighted by Crippen LogP contribution is -2.50. The van der Waals surface area contributed by atoms with Crippen LogP contribution in [0.2, 0.25) is 0 Å². The number of alkyl halides is 4. The lowest BCUT2D eigenvalue weighted by Gasteiger charge is -2.34. The van der Waals surface area contributed by atoms with Crippen LogP contribution in [0.25, 0.3) is 0 Å². The van der Waals surface area contributed by atoms with Gasteiger partial charge in [0.2, 0.25) is 11.8 Å². The van der Waals surface area contributed by atoms with Crippen molar-refractivity contribution in [2.45, 2.75) is 14.1 Å². The molecule has 1 aromatic rings. The van der Waals surface area contributed by atoms with Crippen LogP contribution in [0.5, 0.6) is 0 Å². The van der Waals surface area contributed by atoms with Crippen molar-refractivity contribution in [1.82, 2.24) is 0 Å². The quantitative estimate of drug-likeness (QED) is 0.466. The molecule has 0 radical (unpaired) electrons. The van der Waals surface area contributed by atoms with E-state index in [2.05, 4.69) is 0 Å². The average Bonchev–Trinajstić information content (AvgIpc) is 2.93. The van der Waals surface area contributed by atoms with Crippen molar-refractivity contribution in [2.75, 3.05) is 4.90 Å². The maximum atomic E-state index is 13.0. The van der Waals surface area contributed by atoms with E-state index in [9.17, 15) is 9.59 Å². The van der Waals surface area contributed by atoms with Crippen LogP contribution in [0.1, 0.15) is 0 Å². The molecule has 0 spiro atoms. The largest absolute Gasteiger partial charge is 0.274 e. The molecule has 4 atom stereocenters. The summed E-state index contributed by atoms with van der Waals surface area (Å²) in [6.07, 6.45) is 0. The number of nitrogens with zero attached hydrogens (tertiary/aromatic N) is 1.